The minimum absolute atomic E-state index is 0.717. The highest BCUT2D eigenvalue weighted by Gasteiger charge is 2.58. The van der Waals surface area contributed by atoms with Crippen molar-refractivity contribution < 1.29 is 0 Å². The van der Waals surface area contributed by atoms with Crippen molar-refractivity contribution in [3.8, 4) is 0 Å². The lowest BCUT2D eigenvalue weighted by molar-refractivity contribution is 0.358. The molecule has 0 aromatic heterocycles. The highest BCUT2D eigenvalue weighted by atomic mass is 14.6. The van der Waals surface area contributed by atoms with Crippen LogP contribution < -0.4 is 0 Å². The van der Waals surface area contributed by atoms with E-state index in [2.05, 4.69) is 26.0 Å². The minimum atomic E-state index is 0.717. The van der Waals surface area contributed by atoms with Gasteiger partial charge in [0, 0.05) is 0 Å². The van der Waals surface area contributed by atoms with Gasteiger partial charge in [0.05, 0.1) is 0 Å². The van der Waals surface area contributed by atoms with E-state index in [0.29, 0.717) is 0 Å². The van der Waals surface area contributed by atoms with Crippen LogP contribution in [-0.2, 0) is 0 Å². The lowest BCUT2D eigenvalue weighted by Crippen LogP contribution is -2.16. The Hall–Kier alpha value is -0.260. The van der Waals surface area contributed by atoms with E-state index in [1.807, 2.05) is 0 Å². The zero-order valence-electron chi connectivity index (χ0n) is 6.22. The molecule has 1 saturated carbocycles. The zero-order valence-corrected chi connectivity index (χ0v) is 6.22. The molecule has 0 N–H and O–H groups in total. The van der Waals surface area contributed by atoms with Gasteiger partial charge in [-0.25, -0.2) is 0 Å². The predicted molar refractivity (Wildman–Crippen MR) is 39.1 cm³/mol. The van der Waals surface area contributed by atoms with Crippen LogP contribution in [0.1, 0.15) is 26.7 Å². The van der Waals surface area contributed by atoms with E-state index in [-0.39, 0.29) is 0 Å². The molecule has 0 aromatic rings. The molecule has 2 aliphatic carbocycles. The molecule has 0 heterocycles. The van der Waals surface area contributed by atoms with E-state index >= 15 is 0 Å². The molecule has 50 valence electrons. The Morgan fingerprint density at radius 2 is 2.56 bits per heavy atom. The van der Waals surface area contributed by atoms with Gasteiger partial charge in [0.2, 0.25) is 0 Å². The molecular weight excluding hydrogens is 108 g/mol. The predicted octanol–water partition coefficient (Wildman–Crippen LogP) is 2.61. The summed E-state index contributed by atoms with van der Waals surface area (Å²) in [6.07, 6.45) is 7.60. The number of hydrogen-bond acceptors (Lipinski definition) is 0. The third-order valence-corrected chi connectivity index (χ3v) is 3.27. The van der Waals surface area contributed by atoms with E-state index in [1.54, 1.807) is 0 Å². The smallest absolute Gasteiger partial charge is 0.00237 e. The molecule has 2 rings (SSSR count). The van der Waals surface area contributed by atoms with Gasteiger partial charge in [-0.3, -0.25) is 0 Å². The first-order valence-electron chi connectivity index (χ1n) is 3.99. The third kappa shape index (κ3) is 0.493. The highest BCUT2D eigenvalue weighted by Crippen LogP contribution is 2.66. The summed E-state index contributed by atoms with van der Waals surface area (Å²) >= 11 is 0. The van der Waals surface area contributed by atoms with Gasteiger partial charge in [-0.2, -0.15) is 0 Å². The van der Waals surface area contributed by atoms with Crippen molar-refractivity contribution in [2.75, 3.05) is 0 Å². The normalized spacial score (nSPS) is 47.6. The summed E-state index contributed by atoms with van der Waals surface area (Å²) in [5.74, 6) is 1.93. The van der Waals surface area contributed by atoms with Crippen molar-refractivity contribution in [2.45, 2.75) is 26.7 Å². The molecule has 0 nitrogen and oxygen atoms in total. The monoisotopic (exact) mass is 122 g/mol. The summed E-state index contributed by atoms with van der Waals surface area (Å²) in [5.41, 5.74) is 0.717. The third-order valence-electron chi connectivity index (χ3n) is 3.27. The molecule has 3 atom stereocenters. The summed E-state index contributed by atoms with van der Waals surface area (Å²) in [7, 11) is 0. The molecule has 0 radical (unpaired) electrons. The Labute approximate surface area is 57.0 Å². The standard InChI is InChI=1S/C9H14/c1-3-7(2)9-5-4-8(9)6-9/h4-5,7-8H,3,6H2,1-2H3. The molecule has 0 spiro atoms. The molecule has 0 saturated heterocycles. The minimum Gasteiger partial charge on any atom is -0.0839 e. The average molecular weight is 122 g/mol. The van der Waals surface area contributed by atoms with Crippen molar-refractivity contribution in [1.29, 1.82) is 0 Å². The van der Waals surface area contributed by atoms with Crippen LogP contribution in [-0.4, -0.2) is 0 Å². The molecule has 9 heavy (non-hydrogen) atoms. The Kier molecular flexibility index (Phi) is 0.870. The maximum Gasteiger partial charge on any atom is -0.00237 e. The molecule has 0 aromatic carbocycles. The molecule has 2 aliphatic rings. The summed E-state index contributed by atoms with van der Waals surface area (Å²) in [6, 6.07) is 0. The molecule has 0 aliphatic heterocycles. The van der Waals surface area contributed by atoms with Gasteiger partial charge in [0.1, 0.15) is 0 Å². The van der Waals surface area contributed by atoms with Gasteiger partial charge in [0.15, 0.2) is 0 Å². The van der Waals surface area contributed by atoms with Crippen LogP contribution in [0.15, 0.2) is 12.2 Å². The van der Waals surface area contributed by atoms with Gasteiger partial charge >= 0.3 is 0 Å². The molecule has 1 fully saturated rings. The molecular formula is C9H14. The van der Waals surface area contributed by atoms with E-state index < -0.39 is 0 Å². The van der Waals surface area contributed by atoms with Crippen molar-refractivity contribution >= 4 is 0 Å². The van der Waals surface area contributed by atoms with Crippen LogP contribution in [0.2, 0.25) is 0 Å². The van der Waals surface area contributed by atoms with Crippen molar-refractivity contribution in [3.63, 3.8) is 0 Å². The van der Waals surface area contributed by atoms with Gasteiger partial charge in [0.25, 0.3) is 0 Å². The topological polar surface area (TPSA) is 0 Å². The Morgan fingerprint density at radius 3 is 2.67 bits per heavy atom. The molecule has 0 heteroatoms. The molecule has 3 unspecified atom stereocenters. The quantitative estimate of drug-likeness (QED) is 0.494. The lowest BCUT2D eigenvalue weighted by atomic mass is 9.81. The summed E-state index contributed by atoms with van der Waals surface area (Å²) < 4.78 is 0. The van der Waals surface area contributed by atoms with Crippen molar-refractivity contribution in [3.05, 3.63) is 12.2 Å². The fraction of sp³-hybridized carbons (Fsp3) is 0.778. The van der Waals surface area contributed by atoms with Crippen LogP contribution in [0.25, 0.3) is 0 Å². The first-order chi connectivity index (χ1) is 4.29. The van der Waals surface area contributed by atoms with Crippen LogP contribution in [0.5, 0.6) is 0 Å². The number of allylic oxidation sites excluding steroid dienone is 2. The number of rotatable bonds is 2. The van der Waals surface area contributed by atoms with Gasteiger partial charge < -0.3 is 0 Å². The van der Waals surface area contributed by atoms with Crippen LogP contribution >= 0.6 is 0 Å². The largest absolute Gasteiger partial charge is 0.0839 e. The average Bonchev–Trinajstić information content (AvgIpc) is 2.35. The van der Waals surface area contributed by atoms with Crippen LogP contribution in [0, 0.1) is 17.3 Å². The Bertz CT molecular complexity index is 157. The van der Waals surface area contributed by atoms with E-state index in [0.717, 1.165) is 17.3 Å². The second-order valence-electron chi connectivity index (χ2n) is 3.59. The molecule has 0 bridgehead atoms. The van der Waals surface area contributed by atoms with E-state index in [1.165, 1.54) is 12.8 Å². The maximum atomic E-state index is 2.42. The Balaban J connectivity index is 2.07. The van der Waals surface area contributed by atoms with Crippen LogP contribution in [0.3, 0.4) is 0 Å². The maximum absolute atomic E-state index is 2.42. The van der Waals surface area contributed by atoms with Gasteiger partial charge in [-0.1, -0.05) is 32.4 Å². The van der Waals surface area contributed by atoms with Crippen LogP contribution in [0.4, 0.5) is 0 Å². The second kappa shape index (κ2) is 1.42. The van der Waals surface area contributed by atoms with E-state index in [4.69, 9.17) is 0 Å². The summed E-state index contributed by atoms with van der Waals surface area (Å²) in [6.45, 7) is 4.67. The Morgan fingerprint density at radius 1 is 1.78 bits per heavy atom. The fourth-order valence-electron chi connectivity index (χ4n) is 2.05. The van der Waals surface area contributed by atoms with Crippen molar-refractivity contribution in [2.24, 2.45) is 17.3 Å². The highest BCUT2D eigenvalue weighted by molar-refractivity contribution is 5.32. The van der Waals surface area contributed by atoms with Crippen molar-refractivity contribution in [1.82, 2.24) is 0 Å². The number of hydrogen-bond donors (Lipinski definition) is 0. The van der Waals surface area contributed by atoms with Gasteiger partial charge in [-0.15, -0.1) is 0 Å². The van der Waals surface area contributed by atoms with E-state index in [9.17, 15) is 0 Å². The zero-order chi connectivity index (χ0) is 6.48. The van der Waals surface area contributed by atoms with Gasteiger partial charge in [-0.05, 0) is 23.7 Å². The summed E-state index contributed by atoms with van der Waals surface area (Å²) in [5, 5.41) is 0. The summed E-state index contributed by atoms with van der Waals surface area (Å²) in [4.78, 5) is 0. The fourth-order valence-corrected chi connectivity index (χ4v) is 2.05. The SMILES string of the molecule is CCC(C)C12C=CC1C2. The first-order valence-corrected chi connectivity index (χ1v) is 3.99. The molecule has 0 amide bonds. The number of fused-ring (bicyclic) bond motifs is 1. The lowest BCUT2D eigenvalue weighted by Gasteiger charge is -2.24. The second-order valence-corrected chi connectivity index (χ2v) is 3.59. The first kappa shape index (κ1) is 5.52.